The molecule has 0 aliphatic rings. The average molecular weight is 246 g/mol. The van der Waals surface area contributed by atoms with Crippen molar-refractivity contribution in [2.24, 2.45) is 5.73 Å². The van der Waals surface area contributed by atoms with Gasteiger partial charge < -0.3 is 10.5 Å². The lowest BCUT2D eigenvalue weighted by molar-refractivity contribution is 0.231. The molecule has 2 N–H and O–H groups in total. The van der Waals surface area contributed by atoms with Crippen LogP contribution in [-0.2, 0) is 5.67 Å². The number of hydrogen-bond acceptors (Lipinski definition) is 3. The fourth-order valence-corrected chi connectivity index (χ4v) is 1.85. The van der Waals surface area contributed by atoms with Crippen molar-refractivity contribution in [1.82, 2.24) is 4.98 Å². The van der Waals surface area contributed by atoms with E-state index in [2.05, 4.69) is 4.98 Å². The summed E-state index contributed by atoms with van der Waals surface area (Å²) in [6.07, 6.45) is 3.01. The molecule has 18 heavy (non-hydrogen) atoms. The highest BCUT2D eigenvalue weighted by molar-refractivity contribution is 5.38. The summed E-state index contributed by atoms with van der Waals surface area (Å²) in [5, 5.41) is 0. The standard InChI is InChI=1S/C14H15FN2O/c1-18-13-7-12(8-17-9-13)14(15,10-16)11-5-3-2-4-6-11/h2-9H,10,16H2,1H3. The molecular formula is C14H15FN2O. The van der Waals surface area contributed by atoms with E-state index in [9.17, 15) is 0 Å². The molecule has 1 heterocycles. The molecule has 2 aromatic rings. The van der Waals surface area contributed by atoms with E-state index in [1.54, 1.807) is 30.3 Å². The molecule has 94 valence electrons. The normalized spacial score (nSPS) is 13.9. The van der Waals surface area contributed by atoms with E-state index in [0.29, 0.717) is 16.9 Å². The van der Waals surface area contributed by atoms with Crippen LogP contribution >= 0.6 is 0 Å². The van der Waals surface area contributed by atoms with Gasteiger partial charge in [0, 0.05) is 18.3 Å². The van der Waals surface area contributed by atoms with Crippen molar-refractivity contribution in [3.05, 3.63) is 59.9 Å². The first kappa shape index (κ1) is 12.5. The summed E-state index contributed by atoms with van der Waals surface area (Å²) in [7, 11) is 1.52. The number of benzene rings is 1. The highest BCUT2D eigenvalue weighted by atomic mass is 19.1. The Kier molecular flexibility index (Phi) is 3.58. The topological polar surface area (TPSA) is 48.1 Å². The summed E-state index contributed by atoms with van der Waals surface area (Å²) in [6, 6.07) is 10.5. The summed E-state index contributed by atoms with van der Waals surface area (Å²) in [5.41, 5.74) is 4.79. The Bertz CT molecular complexity index is 518. The van der Waals surface area contributed by atoms with Crippen molar-refractivity contribution in [2.45, 2.75) is 5.67 Å². The van der Waals surface area contributed by atoms with Gasteiger partial charge >= 0.3 is 0 Å². The van der Waals surface area contributed by atoms with Gasteiger partial charge in [0.1, 0.15) is 5.75 Å². The van der Waals surface area contributed by atoms with Crippen molar-refractivity contribution in [3.63, 3.8) is 0 Å². The zero-order valence-electron chi connectivity index (χ0n) is 10.1. The SMILES string of the molecule is COc1cncc(C(F)(CN)c2ccccc2)c1. The molecule has 0 aliphatic carbocycles. The Morgan fingerprint density at radius 3 is 2.56 bits per heavy atom. The van der Waals surface area contributed by atoms with Gasteiger partial charge in [-0.2, -0.15) is 0 Å². The van der Waals surface area contributed by atoms with Crippen LogP contribution < -0.4 is 10.5 Å². The average Bonchev–Trinajstić information content (AvgIpc) is 2.47. The van der Waals surface area contributed by atoms with Crippen molar-refractivity contribution in [3.8, 4) is 5.75 Å². The largest absolute Gasteiger partial charge is 0.495 e. The molecule has 0 saturated heterocycles. The number of nitrogens with zero attached hydrogens (tertiary/aromatic N) is 1. The lowest BCUT2D eigenvalue weighted by Crippen LogP contribution is -2.31. The van der Waals surface area contributed by atoms with Crippen LogP contribution in [0.1, 0.15) is 11.1 Å². The molecule has 0 saturated carbocycles. The molecule has 0 fully saturated rings. The Labute approximate surface area is 105 Å². The number of nitrogens with two attached hydrogens (primary N) is 1. The molecule has 0 amide bonds. The van der Waals surface area contributed by atoms with Crippen LogP contribution in [-0.4, -0.2) is 18.6 Å². The molecule has 2 rings (SSSR count). The number of hydrogen-bond donors (Lipinski definition) is 1. The molecule has 1 aromatic carbocycles. The van der Waals surface area contributed by atoms with Crippen molar-refractivity contribution >= 4 is 0 Å². The van der Waals surface area contributed by atoms with Gasteiger partial charge in [0.05, 0.1) is 13.3 Å². The van der Waals surface area contributed by atoms with Gasteiger partial charge in [-0.1, -0.05) is 30.3 Å². The van der Waals surface area contributed by atoms with E-state index in [-0.39, 0.29) is 6.54 Å². The molecule has 1 atom stereocenters. The number of methoxy groups -OCH3 is 1. The fraction of sp³-hybridized carbons (Fsp3) is 0.214. The molecule has 1 unspecified atom stereocenters. The summed E-state index contributed by atoms with van der Waals surface area (Å²) in [6.45, 7) is -0.147. The van der Waals surface area contributed by atoms with Gasteiger partial charge in [-0.05, 0) is 11.6 Å². The molecule has 1 aromatic heterocycles. The van der Waals surface area contributed by atoms with Crippen molar-refractivity contribution < 1.29 is 9.13 Å². The number of rotatable bonds is 4. The number of aromatic nitrogens is 1. The number of halogens is 1. The fourth-order valence-electron chi connectivity index (χ4n) is 1.85. The molecular weight excluding hydrogens is 231 g/mol. The Morgan fingerprint density at radius 2 is 1.94 bits per heavy atom. The quantitative estimate of drug-likeness (QED) is 0.900. The number of alkyl halides is 1. The maximum Gasteiger partial charge on any atom is 0.174 e. The second-order valence-corrected chi connectivity index (χ2v) is 3.98. The van der Waals surface area contributed by atoms with Crippen LogP contribution in [0.5, 0.6) is 5.75 Å². The molecule has 3 nitrogen and oxygen atoms in total. The van der Waals surface area contributed by atoms with Gasteiger partial charge in [-0.15, -0.1) is 0 Å². The summed E-state index contributed by atoms with van der Waals surface area (Å²) < 4.78 is 20.1. The van der Waals surface area contributed by atoms with Gasteiger partial charge in [0.2, 0.25) is 0 Å². The molecule has 0 bridgehead atoms. The van der Waals surface area contributed by atoms with Gasteiger partial charge in [0.15, 0.2) is 5.67 Å². The second kappa shape index (κ2) is 5.14. The van der Waals surface area contributed by atoms with Crippen LogP contribution in [0.25, 0.3) is 0 Å². The smallest absolute Gasteiger partial charge is 0.174 e. The van der Waals surface area contributed by atoms with Gasteiger partial charge in [-0.25, -0.2) is 4.39 Å². The predicted molar refractivity (Wildman–Crippen MR) is 68.2 cm³/mol. The Hall–Kier alpha value is -1.94. The van der Waals surface area contributed by atoms with Crippen LogP contribution in [0.2, 0.25) is 0 Å². The van der Waals surface area contributed by atoms with Crippen LogP contribution in [0.4, 0.5) is 4.39 Å². The first-order valence-electron chi connectivity index (χ1n) is 5.64. The van der Waals surface area contributed by atoms with Crippen molar-refractivity contribution in [1.29, 1.82) is 0 Å². The van der Waals surface area contributed by atoms with Crippen LogP contribution in [0, 0.1) is 0 Å². The highest BCUT2D eigenvalue weighted by Crippen LogP contribution is 2.33. The molecule has 4 heteroatoms. The van der Waals surface area contributed by atoms with E-state index in [4.69, 9.17) is 10.5 Å². The van der Waals surface area contributed by atoms with Gasteiger partial charge in [-0.3, -0.25) is 4.98 Å². The highest BCUT2D eigenvalue weighted by Gasteiger charge is 2.33. The van der Waals surface area contributed by atoms with Gasteiger partial charge in [0.25, 0.3) is 0 Å². The molecule has 0 radical (unpaired) electrons. The third-order valence-electron chi connectivity index (χ3n) is 2.92. The monoisotopic (exact) mass is 246 g/mol. The van der Waals surface area contributed by atoms with E-state index >= 15 is 4.39 Å². The minimum absolute atomic E-state index is 0.147. The lowest BCUT2D eigenvalue weighted by atomic mass is 9.89. The lowest BCUT2D eigenvalue weighted by Gasteiger charge is -2.24. The number of ether oxygens (including phenoxy) is 1. The third kappa shape index (κ3) is 2.19. The van der Waals surface area contributed by atoms with Crippen molar-refractivity contribution in [2.75, 3.05) is 13.7 Å². The summed E-state index contributed by atoms with van der Waals surface area (Å²) in [5.74, 6) is 0.513. The van der Waals surface area contributed by atoms with Crippen LogP contribution in [0.15, 0.2) is 48.8 Å². The Balaban J connectivity index is 2.49. The van der Waals surface area contributed by atoms with E-state index in [1.807, 2.05) is 6.07 Å². The predicted octanol–water partition coefficient (Wildman–Crippen LogP) is 2.26. The zero-order valence-corrected chi connectivity index (χ0v) is 10.1. The zero-order chi connectivity index (χ0) is 13.0. The van der Waals surface area contributed by atoms with E-state index < -0.39 is 5.67 Å². The third-order valence-corrected chi connectivity index (χ3v) is 2.92. The summed E-state index contributed by atoms with van der Waals surface area (Å²) in [4.78, 5) is 3.97. The molecule has 0 spiro atoms. The number of pyridine rings is 1. The maximum atomic E-state index is 15.1. The first-order chi connectivity index (χ1) is 8.70. The maximum absolute atomic E-state index is 15.1. The summed E-state index contributed by atoms with van der Waals surface area (Å²) >= 11 is 0. The minimum Gasteiger partial charge on any atom is -0.495 e. The van der Waals surface area contributed by atoms with E-state index in [1.165, 1.54) is 19.5 Å². The van der Waals surface area contributed by atoms with Crippen LogP contribution in [0.3, 0.4) is 0 Å². The van der Waals surface area contributed by atoms with E-state index in [0.717, 1.165) is 0 Å². The Morgan fingerprint density at radius 1 is 1.22 bits per heavy atom. The molecule has 0 aliphatic heterocycles. The first-order valence-corrected chi connectivity index (χ1v) is 5.64. The second-order valence-electron chi connectivity index (χ2n) is 3.98. The minimum atomic E-state index is -1.75.